The minimum atomic E-state index is -0.841. The van der Waals surface area contributed by atoms with E-state index in [0.29, 0.717) is 19.4 Å². The molecule has 0 aliphatic carbocycles. The number of nitrogens with one attached hydrogen (secondary N) is 1. The zero-order chi connectivity index (χ0) is 60.6. The maximum absolute atomic E-state index is 12.5. The lowest BCUT2D eigenvalue weighted by molar-refractivity contribution is -0.143. The van der Waals surface area contributed by atoms with Crippen LogP contribution in [-0.4, -0.2) is 47.4 Å². The molecular weight excluding hydrogens is 1030 g/mol. The highest BCUT2D eigenvalue weighted by molar-refractivity contribution is 5.76. The number of hydrogen-bond acceptors (Lipinski definition) is 5. The Labute approximate surface area is 526 Å². The van der Waals surface area contributed by atoms with Crippen molar-refractivity contribution in [1.82, 2.24) is 5.32 Å². The van der Waals surface area contributed by atoms with Crippen molar-refractivity contribution in [3.63, 3.8) is 0 Å². The van der Waals surface area contributed by atoms with Crippen molar-refractivity contribution < 1.29 is 24.5 Å². The maximum Gasteiger partial charge on any atom is 0.305 e. The lowest BCUT2D eigenvalue weighted by Crippen LogP contribution is -2.45. The van der Waals surface area contributed by atoms with Gasteiger partial charge in [0.25, 0.3) is 0 Å². The SMILES string of the molecule is CCCCCCCCC/C=C\CCCCCCCCCC(=O)OCCCCCCCCCCCCCCCCCCCCCCCCCCCCCCCCCCCC(=O)NC(CO)C(O)/C=C/CCCCCCCCCCCCCCCC. The summed E-state index contributed by atoms with van der Waals surface area (Å²) in [5, 5.41) is 23.2. The molecule has 2 atom stereocenters. The number of carbonyl (C=O) groups excluding carboxylic acids is 2. The van der Waals surface area contributed by atoms with Crippen molar-refractivity contribution in [1.29, 1.82) is 0 Å². The van der Waals surface area contributed by atoms with Crippen LogP contribution in [0.25, 0.3) is 0 Å². The third-order valence-corrected chi connectivity index (χ3v) is 18.2. The molecule has 0 rings (SSSR count). The average molecular weight is 1180 g/mol. The lowest BCUT2D eigenvalue weighted by atomic mass is 10.0. The second kappa shape index (κ2) is 73.8. The minimum absolute atomic E-state index is 0.0194. The fourth-order valence-electron chi connectivity index (χ4n) is 12.3. The largest absolute Gasteiger partial charge is 0.466 e. The van der Waals surface area contributed by atoms with Gasteiger partial charge in [0, 0.05) is 12.8 Å². The van der Waals surface area contributed by atoms with E-state index in [-0.39, 0.29) is 18.5 Å². The Bertz CT molecular complexity index is 1320. The molecule has 1 amide bonds. The molecule has 0 saturated carbocycles. The number of amides is 1. The van der Waals surface area contributed by atoms with Gasteiger partial charge in [-0.3, -0.25) is 9.59 Å². The molecule has 2 unspecified atom stereocenters. The molecular formula is C78H151NO5. The van der Waals surface area contributed by atoms with Crippen LogP contribution in [0.15, 0.2) is 24.3 Å². The van der Waals surface area contributed by atoms with Crippen LogP contribution in [0.2, 0.25) is 0 Å². The molecule has 498 valence electrons. The van der Waals surface area contributed by atoms with Gasteiger partial charge in [0.2, 0.25) is 5.91 Å². The number of unbranched alkanes of at least 4 members (excludes halogenated alkanes) is 60. The maximum atomic E-state index is 12.5. The summed E-state index contributed by atoms with van der Waals surface area (Å²) in [4.78, 5) is 24.6. The summed E-state index contributed by atoms with van der Waals surface area (Å²) in [6.07, 6.45) is 94.4. The molecule has 0 saturated heterocycles. The Hall–Kier alpha value is -1.66. The zero-order valence-corrected chi connectivity index (χ0v) is 57.2. The van der Waals surface area contributed by atoms with Gasteiger partial charge in [-0.05, 0) is 57.8 Å². The molecule has 0 aromatic rings. The summed E-state index contributed by atoms with van der Waals surface area (Å²) in [5.74, 6) is -0.0404. The molecule has 0 aliphatic heterocycles. The monoisotopic (exact) mass is 1180 g/mol. The van der Waals surface area contributed by atoms with E-state index < -0.39 is 12.1 Å². The summed E-state index contributed by atoms with van der Waals surface area (Å²) >= 11 is 0. The highest BCUT2D eigenvalue weighted by atomic mass is 16.5. The number of allylic oxidation sites excluding steroid dienone is 3. The quantitative estimate of drug-likeness (QED) is 0.0320. The first-order valence-corrected chi connectivity index (χ1v) is 38.6. The third-order valence-electron chi connectivity index (χ3n) is 18.2. The third kappa shape index (κ3) is 69.4. The number of aliphatic hydroxyl groups is 2. The number of hydrogen-bond donors (Lipinski definition) is 3. The normalized spacial score (nSPS) is 12.6. The van der Waals surface area contributed by atoms with Crippen LogP contribution in [0.1, 0.15) is 438 Å². The molecule has 3 N–H and O–H groups in total. The first-order valence-electron chi connectivity index (χ1n) is 38.6. The van der Waals surface area contributed by atoms with Crippen LogP contribution < -0.4 is 5.32 Å². The molecule has 6 heteroatoms. The van der Waals surface area contributed by atoms with Crippen LogP contribution in [0.4, 0.5) is 0 Å². The summed E-state index contributed by atoms with van der Waals surface area (Å²) in [5.41, 5.74) is 0. The van der Waals surface area contributed by atoms with Crippen molar-refractivity contribution in [2.45, 2.75) is 450 Å². The minimum Gasteiger partial charge on any atom is -0.466 e. The van der Waals surface area contributed by atoms with Gasteiger partial charge in [-0.15, -0.1) is 0 Å². The van der Waals surface area contributed by atoms with Gasteiger partial charge < -0.3 is 20.3 Å². The van der Waals surface area contributed by atoms with E-state index in [2.05, 4.69) is 31.3 Å². The van der Waals surface area contributed by atoms with Crippen molar-refractivity contribution >= 4 is 11.9 Å². The van der Waals surface area contributed by atoms with Crippen molar-refractivity contribution in [3.8, 4) is 0 Å². The molecule has 0 aromatic heterocycles. The van der Waals surface area contributed by atoms with Gasteiger partial charge in [0.15, 0.2) is 0 Å². The van der Waals surface area contributed by atoms with Gasteiger partial charge in [-0.2, -0.15) is 0 Å². The fourth-order valence-corrected chi connectivity index (χ4v) is 12.3. The first-order chi connectivity index (χ1) is 41.5. The Morgan fingerprint density at radius 1 is 0.321 bits per heavy atom. The van der Waals surface area contributed by atoms with Crippen LogP contribution in [-0.2, 0) is 14.3 Å². The highest BCUT2D eigenvalue weighted by Crippen LogP contribution is 2.20. The smallest absolute Gasteiger partial charge is 0.305 e. The second-order valence-corrected chi connectivity index (χ2v) is 26.7. The highest BCUT2D eigenvalue weighted by Gasteiger charge is 2.18. The summed E-state index contributed by atoms with van der Waals surface area (Å²) in [7, 11) is 0. The fraction of sp³-hybridized carbons (Fsp3) is 0.923. The molecule has 0 aromatic carbocycles. The van der Waals surface area contributed by atoms with E-state index in [1.807, 2.05) is 6.08 Å². The van der Waals surface area contributed by atoms with Gasteiger partial charge in [-0.25, -0.2) is 0 Å². The summed E-state index contributed by atoms with van der Waals surface area (Å²) in [6, 6.07) is -0.624. The predicted molar refractivity (Wildman–Crippen MR) is 370 cm³/mol. The Kier molecular flexibility index (Phi) is 72.3. The number of carbonyl (C=O) groups is 2. The lowest BCUT2D eigenvalue weighted by Gasteiger charge is -2.20. The van der Waals surface area contributed by atoms with E-state index in [4.69, 9.17) is 4.74 Å². The molecule has 0 fully saturated rings. The Morgan fingerprint density at radius 3 is 0.845 bits per heavy atom. The van der Waals surface area contributed by atoms with Crippen molar-refractivity contribution in [3.05, 3.63) is 24.3 Å². The van der Waals surface area contributed by atoms with Gasteiger partial charge >= 0.3 is 5.97 Å². The van der Waals surface area contributed by atoms with Crippen molar-refractivity contribution in [2.75, 3.05) is 13.2 Å². The molecule has 0 bridgehead atoms. The molecule has 0 heterocycles. The van der Waals surface area contributed by atoms with E-state index in [0.717, 1.165) is 38.5 Å². The van der Waals surface area contributed by atoms with Crippen LogP contribution >= 0.6 is 0 Å². The summed E-state index contributed by atoms with van der Waals surface area (Å²) in [6.45, 7) is 4.95. The molecule has 0 aliphatic rings. The Balaban J connectivity index is 3.32. The van der Waals surface area contributed by atoms with E-state index in [9.17, 15) is 19.8 Å². The first kappa shape index (κ1) is 82.3. The van der Waals surface area contributed by atoms with Crippen molar-refractivity contribution in [2.24, 2.45) is 0 Å². The van der Waals surface area contributed by atoms with Crippen LogP contribution in [0, 0.1) is 0 Å². The van der Waals surface area contributed by atoms with E-state index in [1.54, 1.807) is 6.08 Å². The summed E-state index contributed by atoms with van der Waals surface area (Å²) < 4.78 is 5.51. The number of esters is 1. The van der Waals surface area contributed by atoms with Crippen LogP contribution in [0.3, 0.4) is 0 Å². The number of rotatable bonds is 73. The van der Waals surface area contributed by atoms with Gasteiger partial charge in [-0.1, -0.05) is 391 Å². The molecule has 84 heavy (non-hydrogen) atoms. The van der Waals surface area contributed by atoms with E-state index >= 15 is 0 Å². The van der Waals surface area contributed by atoms with Gasteiger partial charge in [0.1, 0.15) is 0 Å². The topological polar surface area (TPSA) is 95.9 Å². The zero-order valence-electron chi connectivity index (χ0n) is 57.2. The number of ether oxygens (including phenoxy) is 1. The number of aliphatic hydroxyl groups excluding tert-OH is 2. The van der Waals surface area contributed by atoms with E-state index in [1.165, 1.54) is 372 Å². The Morgan fingerprint density at radius 2 is 0.560 bits per heavy atom. The second-order valence-electron chi connectivity index (χ2n) is 26.7. The molecule has 0 radical (unpaired) electrons. The molecule has 6 nitrogen and oxygen atoms in total. The predicted octanol–water partition coefficient (Wildman–Crippen LogP) is 25.3. The molecule has 0 spiro atoms. The van der Waals surface area contributed by atoms with Crippen LogP contribution in [0.5, 0.6) is 0 Å². The van der Waals surface area contributed by atoms with Gasteiger partial charge in [0.05, 0.1) is 25.4 Å². The standard InChI is InChI=1S/C78H151NO5/c1-3-5-7-9-11-13-15-17-19-21-40-44-48-52-56-60-64-68-72-78(83)84-73-69-65-61-57-53-49-45-41-38-36-34-32-30-28-26-24-22-23-25-27-29-31-33-35-37-39-43-47-51-55-59-63-67-71-77(82)79-75(74-80)76(81)70-66-62-58-54-50-46-42-20-18-16-14-12-10-8-6-4-2/h19,21,66,70,75-76,80-81H,3-18,20,22-65,67-69,71-74H2,1-2H3,(H,79,82)/b21-19-,70-66+. The average Bonchev–Trinajstić information content (AvgIpc) is 3.50.